The lowest BCUT2D eigenvalue weighted by atomic mass is 9.97. The maximum Gasteiger partial charge on any atom is 0.226 e. The Hall–Kier alpha value is -0.970. The highest BCUT2D eigenvalue weighted by Gasteiger charge is 2.61. The normalized spacial score (nSPS) is 33.3. The zero-order valence-corrected chi connectivity index (χ0v) is 9.47. The van der Waals surface area contributed by atoms with Crippen LogP contribution in [0.3, 0.4) is 0 Å². The molecule has 1 N–H and O–H groups in total. The Kier molecular flexibility index (Phi) is 1.86. The Morgan fingerprint density at radius 1 is 1.27 bits per heavy atom. The van der Waals surface area contributed by atoms with E-state index in [4.69, 9.17) is 4.84 Å². The number of fused-ring (bicyclic) bond motifs is 1. The lowest BCUT2D eigenvalue weighted by Gasteiger charge is -2.20. The van der Waals surface area contributed by atoms with Crippen LogP contribution in [0.5, 0.6) is 0 Å². The Bertz CT molecular complexity index is 431. The fourth-order valence-electron chi connectivity index (χ4n) is 1.87. The van der Waals surface area contributed by atoms with E-state index < -0.39 is 0 Å². The van der Waals surface area contributed by atoms with Crippen LogP contribution in [-0.2, 0) is 10.6 Å². The molecule has 1 fully saturated rings. The molecule has 2 heterocycles. The molecule has 4 heteroatoms. The van der Waals surface area contributed by atoms with Crippen LogP contribution >= 0.6 is 12.1 Å². The van der Waals surface area contributed by atoms with Crippen LogP contribution in [0.4, 0.5) is 0 Å². The first kappa shape index (κ1) is 9.27. The molecule has 2 aliphatic rings. The molecule has 78 valence electrons. The number of nitrogens with one attached hydrogen (secondary N) is 1. The summed E-state index contributed by atoms with van der Waals surface area (Å²) in [6, 6.07) is 10.3. The van der Waals surface area contributed by atoms with Gasteiger partial charge in [-0.1, -0.05) is 34.8 Å². The molecule has 2 aliphatic heterocycles. The van der Waals surface area contributed by atoms with Gasteiger partial charge < -0.3 is 4.72 Å². The molecular formula is C11H12N2OS. The zero-order chi connectivity index (χ0) is 10.5. The minimum Gasteiger partial charge on any atom is -0.319 e. The van der Waals surface area contributed by atoms with Crippen molar-refractivity contribution in [1.82, 2.24) is 9.19 Å². The summed E-state index contributed by atoms with van der Waals surface area (Å²) in [5.74, 6) is 0. The highest BCUT2D eigenvalue weighted by Crippen LogP contribution is 2.56. The third kappa shape index (κ3) is 1.16. The molecule has 0 aromatic heterocycles. The van der Waals surface area contributed by atoms with E-state index >= 15 is 0 Å². The summed E-state index contributed by atoms with van der Waals surface area (Å²) in [7, 11) is 0. The molecule has 2 atom stereocenters. The van der Waals surface area contributed by atoms with Crippen molar-refractivity contribution in [3.63, 3.8) is 0 Å². The van der Waals surface area contributed by atoms with E-state index in [1.165, 1.54) is 29.0 Å². The Balaban J connectivity index is 2.10. The van der Waals surface area contributed by atoms with Gasteiger partial charge in [-0.3, -0.25) is 0 Å². The molecule has 0 spiro atoms. The third-order valence-electron chi connectivity index (χ3n) is 2.96. The average molecular weight is 220 g/mol. The Morgan fingerprint density at radius 3 is 2.73 bits per heavy atom. The molecule has 3 nitrogen and oxygen atoms in total. The van der Waals surface area contributed by atoms with E-state index in [-0.39, 0.29) is 5.72 Å². The molecular weight excluding hydrogens is 208 g/mol. The average Bonchev–Trinajstić information content (AvgIpc) is 3.02. The summed E-state index contributed by atoms with van der Waals surface area (Å²) in [4.78, 5) is 5.71. The molecule has 0 saturated carbocycles. The van der Waals surface area contributed by atoms with Crippen molar-refractivity contribution in [2.75, 3.05) is 0 Å². The summed E-state index contributed by atoms with van der Waals surface area (Å²) in [5.41, 5.74) is 3.28. The SMILES string of the molecule is CC1=C(C)C2(c3ccccc3)ON2SN1. The monoisotopic (exact) mass is 220 g/mol. The lowest BCUT2D eigenvalue weighted by molar-refractivity contribution is 0.278. The molecule has 1 saturated heterocycles. The van der Waals surface area contributed by atoms with Crippen molar-refractivity contribution >= 4 is 12.1 Å². The number of hydrogen-bond acceptors (Lipinski definition) is 4. The van der Waals surface area contributed by atoms with E-state index in [1.54, 1.807) is 0 Å². The molecule has 1 aromatic rings. The third-order valence-corrected chi connectivity index (χ3v) is 3.85. The van der Waals surface area contributed by atoms with Crippen LogP contribution in [0, 0.1) is 0 Å². The van der Waals surface area contributed by atoms with Crippen molar-refractivity contribution in [2.24, 2.45) is 0 Å². The molecule has 3 rings (SSSR count). The maximum atomic E-state index is 5.71. The number of hydroxylamine groups is 1. The van der Waals surface area contributed by atoms with Crippen molar-refractivity contribution in [3.05, 3.63) is 47.2 Å². The summed E-state index contributed by atoms with van der Waals surface area (Å²) >= 11 is 1.50. The van der Waals surface area contributed by atoms with E-state index in [9.17, 15) is 0 Å². The lowest BCUT2D eigenvalue weighted by Crippen LogP contribution is -2.24. The predicted octanol–water partition coefficient (Wildman–Crippen LogP) is 2.55. The van der Waals surface area contributed by atoms with Gasteiger partial charge in [0.05, 0.1) is 12.1 Å². The van der Waals surface area contributed by atoms with Crippen molar-refractivity contribution in [2.45, 2.75) is 19.6 Å². The van der Waals surface area contributed by atoms with E-state index in [0.717, 1.165) is 0 Å². The van der Waals surface area contributed by atoms with Gasteiger partial charge in [0.15, 0.2) is 0 Å². The van der Waals surface area contributed by atoms with Gasteiger partial charge in [0.1, 0.15) is 0 Å². The molecule has 0 aliphatic carbocycles. The van der Waals surface area contributed by atoms with Crippen LogP contribution in [0.1, 0.15) is 19.4 Å². The topological polar surface area (TPSA) is 27.6 Å². The summed E-state index contributed by atoms with van der Waals surface area (Å²) in [6.45, 7) is 4.18. The second kappa shape index (κ2) is 3.01. The molecule has 0 bridgehead atoms. The van der Waals surface area contributed by atoms with E-state index in [1.807, 2.05) is 22.7 Å². The minimum absolute atomic E-state index is 0.318. The second-order valence-electron chi connectivity index (χ2n) is 3.80. The van der Waals surface area contributed by atoms with E-state index in [2.05, 4.69) is 30.7 Å². The van der Waals surface area contributed by atoms with Gasteiger partial charge in [-0.15, -0.1) is 0 Å². The first-order chi connectivity index (χ1) is 7.25. The highest BCUT2D eigenvalue weighted by molar-refractivity contribution is 7.95. The molecule has 1 aromatic carbocycles. The largest absolute Gasteiger partial charge is 0.319 e. The Labute approximate surface area is 93.3 Å². The van der Waals surface area contributed by atoms with Crippen LogP contribution in [0.25, 0.3) is 0 Å². The van der Waals surface area contributed by atoms with Crippen LogP contribution in [0.15, 0.2) is 41.6 Å². The molecule has 0 radical (unpaired) electrons. The highest BCUT2D eigenvalue weighted by atomic mass is 32.2. The van der Waals surface area contributed by atoms with Crippen molar-refractivity contribution in [1.29, 1.82) is 0 Å². The fraction of sp³-hybridized carbons (Fsp3) is 0.273. The van der Waals surface area contributed by atoms with Gasteiger partial charge in [0.2, 0.25) is 5.72 Å². The van der Waals surface area contributed by atoms with Gasteiger partial charge in [0, 0.05) is 16.8 Å². The van der Waals surface area contributed by atoms with Crippen LogP contribution in [-0.4, -0.2) is 4.47 Å². The van der Waals surface area contributed by atoms with Gasteiger partial charge in [-0.05, 0) is 13.8 Å². The van der Waals surface area contributed by atoms with Crippen LogP contribution in [0.2, 0.25) is 0 Å². The molecule has 0 amide bonds. The standard InChI is InChI=1S/C11H12N2OS/c1-8-9(2)12-15-13-11(8,14-13)10-6-4-3-5-7-10/h3-7,12H,1-2H3. The van der Waals surface area contributed by atoms with Gasteiger partial charge in [-0.2, -0.15) is 0 Å². The smallest absolute Gasteiger partial charge is 0.226 e. The van der Waals surface area contributed by atoms with Gasteiger partial charge in [0.25, 0.3) is 0 Å². The van der Waals surface area contributed by atoms with E-state index in [0.29, 0.717) is 0 Å². The van der Waals surface area contributed by atoms with Crippen molar-refractivity contribution < 1.29 is 4.84 Å². The summed E-state index contributed by atoms with van der Waals surface area (Å²) < 4.78 is 5.11. The molecule has 2 unspecified atom stereocenters. The number of nitrogens with zero attached hydrogens (tertiary/aromatic N) is 1. The molecule has 15 heavy (non-hydrogen) atoms. The number of benzene rings is 1. The fourth-order valence-corrected chi connectivity index (χ4v) is 2.76. The van der Waals surface area contributed by atoms with Gasteiger partial charge in [-0.25, -0.2) is 4.84 Å². The number of hydrogen-bond donors (Lipinski definition) is 1. The minimum atomic E-state index is -0.318. The summed E-state index contributed by atoms with van der Waals surface area (Å²) in [5, 5.41) is 0. The zero-order valence-electron chi connectivity index (χ0n) is 8.65. The predicted molar refractivity (Wildman–Crippen MR) is 60.1 cm³/mol. The van der Waals surface area contributed by atoms with Gasteiger partial charge >= 0.3 is 0 Å². The van der Waals surface area contributed by atoms with Crippen LogP contribution < -0.4 is 4.72 Å². The Morgan fingerprint density at radius 2 is 2.00 bits per heavy atom. The number of rotatable bonds is 1. The quantitative estimate of drug-likeness (QED) is 0.581. The number of allylic oxidation sites excluding steroid dienone is 1. The second-order valence-corrected chi connectivity index (χ2v) is 4.52. The maximum absolute atomic E-state index is 5.71. The summed E-state index contributed by atoms with van der Waals surface area (Å²) in [6.07, 6.45) is 0. The first-order valence-corrected chi connectivity index (χ1v) is 5.68. The first-order valence-electron chi connectivity index (χ1n) is 4.91. The van der Waals surface area contributed by atoms with Crippen molar-refractivity contribution in [3.8, 4) is 0 Å².